The van der Waals surface area contributed by atoms with E-state index in [1.54, 1.807) is 24.3 Å². The van der Waals surface area contributed by atoms with Crippen LogP contribution in [0, 0.1) is 0 Å². The first-order chi connectivity index (χ1) is 13.5. The van der Waals surface area contributed by atoms with Gasteiger partial charge < -0.3 is 10.2 Å². The minimum Gasteiger partial charge on any atom is -0.375 e. The molecular weight excluding hydrogens is 374 g/mol. The zero-order valence-corrected chi connectivity index (χ0v) is 17.0. The summed E-state index contributed by atoms with van der Waals surface area (Å²) in [7, 11) is -1.13. The van der Waals surface area contributed by atoms with E-state index in [1.807, 2.05) is 18.2 Å². The second-order valence-electron chi connectivity index (χ2n) is 7.01. The Labute approximate surface area is 167 Å². The number of carbonyl (C=O) groups is 1. The van der Waals surface area contributed by atoms with Gasteiger partial charge in [0.05, 0.1) is 11.4 Å². The normalized spacial score (nSPS) is 15.4. The van der Waals surface area contributed by atoms with E-state index in [2.05, 4.69) is 29.4 Å². The number of hydrogen-bond acceptors (Lipinski definition) is 4. The average Bonchev–Trinajstić information content (AvgIpc) is 3.07. The van der Waals surface area contributed by atoms with Crippen LogP contribution in [0.3, 0.4) is 0 Å². The Hall–Kier alpha value is -2.54. The van der Waals surface area contributed by atoms with Crippen molar-refractivity contribution in [2.45, 2.75) is 19.3 Å². The highest BCUT2D eigenvalue weighted by Crippen LogP contribution is 2.24. The fourth-order valence-electron chi connectivity index (χ4n) is 3.30. The highest BCUT2D eigenvalue weighted by atomic mass is 32.2. The predicted octanol–water partition coefficient (Wildman–Crippen LogP) is 2.87. The molecule has 150 valence electrons. The van der Waals surface area contributed by atoms with Crippen LogP contribution in [0.4, 0.5) is 11.4 Å². The number of hydrogen-bond donors (Lipinski definition) is 1. The fourth-order valence-corrected chi connectivity index (χ4v) is 4.86. The van der Waals surface area contributed by atoms with Gasteiger partial charge in [0, 0.05) is 37.9 Å². The van der Waals surface area contributed by atoms with E-state index >= 15 is 0 Å². The molecule has 1 amide bonds. The van der Waals surface area contributed by atoms with Gasteiger partial charge in [0.2, 0.25) is 10.0 Å². The van der Waals surface area contributed by atoms with Gasteiger partial charge in [-0.3, -0.25) is 9.10 Å². The SMILES string of the molecule is CN(CCCCNC(=O)c1ccc(N2CCCS2(=O)=O)cc1)c1ccccc1. The Kier molecular flexibility index (Phi) is 6.57. The largest absolute Gasteiger partial charge is 0.375 e. The molecule has 0 spiro atoms. The van der Waals surface area contributed by atoms with Gasteiger partial charge in [-0.1, -0.05) is 18.2 Å². The Bertz CT molecular complexity index is 883. The number of nitrogens with one attached hydrogen (secondary N) is 1. The van der Waals surface area contributed by atoms with Crippen LogP contribution in [0.1, 0.15) is 29.6 Å². The van der Waals surface area contributed by atoms with E-state index in [0.29, 0.717) is 30.8 Å². The summed E-state index contributed by atoms with van der Waals surface area (Å²) in [6.45, 7) is 2.05. The molecule has 2 aromatic rings. The molecule has 1 N–H and O–H groups in total. The summed E-state index contributed by atoms with van der Waals surface area (Å²) >= 11 is 0. The Balaban J connectivity index is 1.41. The second-order valence-corrected chi connectivity index (χ2v) is 9.02. The molecule has 0 bridgehead atoms. The number of unbranched alkanes of at least 4 members (excludes halogenated alkanes) is 1. The van der Waals surface area contributed by atoms with Crippen molar-refractivity contribution in [1.82, 2.24) is 5.32 Å². The lowest BCUT2D eigenvalue weighted by atomic mass is 10.2. The molecule has 1 aliphatic heterocycles. The van der Waals surface area contributed by atoms with Crippen molar-refractivity contribution in [3.63, 3.8) is 0 Å². The number of rotatable bonds is 8. The lowest BCUT2D eigenvalue weighted by molar-refractivity contribution is 0.0953. The number of anilines is 2. The van der Waals surface area contributed by atoms with Gasteiger partial charge in [-0.25, -0.2) is 8.42 Å². The lowest BCUT2D eigenvalue weighted by Crippen LogP contribution is -2.27. The van der Waals surface area contributed by atoms with Gasteiger partial charge in [-0.2, -0.15) is 0 Å². The van der Waals surface area contributed by atoms with Crippen molar-refractivity contribution >= 4 is 27.3 Å². The van der Waals surface area contributed by atoms with Gasteiger partial charge in [0.1, 0.15) is 0 Å². The van der Waals surface area contributed by atoms with E-state index in [4.69, 9.17) is 0 Å². The van der Waals surface area contributed by atoms with Crippen LogP contribution in [0.2, 0.25) is 0 Å². The summed E-state index contributed by atoms with van der Waals surface area (Å²) in [6.07, 6.45) is 2.52. The molecule has 0 aromatic heterocycles. The highest BCUT2D eigenvalue weighted by molar-refractivity contribution is 7.93. The molecule has 28 heavy (non-hydrogen) atoms. The van der Waals surface area contributed by atoms with Crippen LogP contribution >= 0.6 is 0 Å². The van der Waals surface area contributed by atoms with Crippen LogP contribution in [-0.2, 0) is 10.0 Å². The van der Waals surface area contributed by atoms with Crippen LogP contribution in [0.25, 0.3) is 0 Å². The van der Waals surface area contributed by atoms with Crippen molar-refractivity contribution in [3.8, 4) is 0 Å². The molecule has 0 radical (unpaired) electrons. The van der Waals surface area contributed by atoms with E-state index in [1.165, 1.54) is 9.99 Å². The number of amides is 1. The number of carbonyl (C=O) groups excluding carboxylic acids is 1. The quantitative estimate of drug-likeness (QED) is 0.691. The maximum absolute atomic E-state index is 12.3. The molecular formula is C21H27N3O3S. The van der Waals surface area contributed by atoms with Crippen molar-refractivity contribution in [3.05, 3.63) is 60.2 Å². The van der Waals surface area contributed by atoms with Crippen LogP contribution in [0.15, 0.2) is 54.6 Å². The van der Waals surface area contributed by atoms with Crippen LogP contribution in [0.5, 0.6) is 0 Å². The third-order valence-electron chi connectivity index (χ3n) is 4.92. The summed E-state index contributed by atoms with van der Waals surface area (Å²) in [5.74, 6) is 0.0570. The highest BCUT2D eigenvalue weighted by Gasteiger charge is 2.28. The monoisotopic (exact) mass is 401 g/mol. The fraction of sp³-hybridized carbons (Fsp3) is 0.381. The minimum absolute atomic E-state index is 0.132. The Morgan fingerprint density at radius 3 is 2.43 bits per heavy atom. The Morgan fingerprint density at radius 1 is 1.07 bits per heavy atom. The maximum Gasteiger partial charge on any atom is 0.251 e. The average molecular weight is 402 g/mol. The van der Waals surface area contributed by atoms with Crippen molar-refractivity contribution < 1.29 is 13.2 Å². The number of benzene rings is 2. The minimum atomic E-state index is -3.19. The second kappa shape index (κ2) is 9.10. The van der Waals surface area contributed by atoms with Crippen LogP contribution < -0.4 is 14.5 Å². The first-order valence-electron chi connectivity index (χ1n) is 9.62. The topological polar surface area (TPSA) is 69.7 Å². The zero-order valence-electron chi connectivity index (χ0n) is 16.2. The lowest BCUT2D eigenvalue weighted by Gasteiger charge is -2.19. The summed E-state index contributed by atoms with van der Waals surface area (Å²) in [5.41, 5.74) is 2.35. The van der Waals surface area contributed by atoms with Gasteiger partial charge in [-0.15, -0.1) is 0 Å². The zero-order chi connectivity index (χ0) is 20.0. The molecule has 0 unspecified atom stereocenters. The van der Waals surface area contributed by atoms with Crippen molar-refractivity contribution in [1.29, 1.82) is 0 Å². The van der Waals surface area contributed by atoms with Gasteiger partial charge >= 0.3 is 0 Å². The molecule has 0 saturated carbocycles. The molecule has 1 saturated heterocycles. The summed E-state index contributed by atoms with van der Waals surface area (Å²) in [6, 6.07) is 17.0. The first kappa shape index (κ1) is 20.2. The van der Waals surface area contributed by atoms with Gasteiger partial charge in [0.15, 0.2) is 0 Å². The van der Waals surface area contributed by atoms with Gasteiger partial charge in [-0.05, 0) is 55.7 Å². The molecule has 0 atom stereocenters. The molecule has 1 heterocycles. The third kappa shape index (κ3) is 5.04. The molecule has 3 rings (SSSR count). The molecule has 1 aliphatic rings. The van der Waals surface area contributed by atoms with E-state index in [-0.39, 0.29) is 11.7 Å². The number of sulfonamides is 1. The van der Waals surface area contributed by atoms with E-state index < -0.39 is 10.0 Å². The third-order valence-corrected chi connectivity index (χ3v) is 6.79. The van der Waals surface area contributed by atoms with E-state index in [0.717, 1.165) is 19.4 Å². The molecule has 0 aliphatic carbocycles. The number of para-hydroxylation sites is 1. The molecule has 2 aromatic carbocycles. The molecule has 6 nitrogen and oxygen atoms in total. The smallest absolute Gasteiger partial charge is 0.251 e. The van der Waals surface area contributed by atoms with E-state index in [9.17, 15) is 13.2 Å². The summed E-state index contributed by atoms with van der Waals surface area (Å²) in [5, 5.41) is 2.93. The maximum atomic E-state index is 12.3. The van der Waals surface area contributed by atoms with Crippen molar-refractivity contribution in [2.24, 2.45) is 0 Å². The number of nitrogens with zero attached hydrogens (tertiary/aromatic N) is 2. The van der Waals surface area contributed by atoms with Crippen molar-refractivity contribution in [2.75, 3.05) is 41.6 Å². The van der Waals surface area contributed by atoms with Crippen LogP contribution in [-0.4, -0.2) is 46.8 Å². The molecule has 1 fully saturated rings. The Morgan fingerprint density at radius 2 is 1.79 bits per heavy atom. The standard InChI is InChI=1S/C21H27N3O3S/c1-23(19-8-3-2-4-9-19)15-6-5-14-22-21(25)18-10-12-20(13-11-18)24-16-7-17-28(24,26)27/h2-4,8-13H,5-7,14-17H2,1H3,(H,22,25). The van der Waals surface area contributed by atoms with Gasteiger partial charge in [0.25, 0.3) is 5.91 Å². The summed E-state index contributed by atoms with van der Waals surface area (Å²) in [4.78, 5) is 14.5. The molecule has 7 heteroatoms. The first-order valence-corrected chi connectivity index (χ1v) is 11.2. The predicted molar refractivity (Wildman–Crippen MR) is 113 cm³/mol. The summed E-state index contributed by atoms with van der Waals surface area (Å²) < 4.78 is 25.3.